The van der Waals surface area contributed by atoms with Crippen LogP contribution in [-0.2, 0) is 13.1 Å². The SMILES string of the molecule is Cc1nc(N2Cc3ccccc3C2)ccc1C(=O)O. The number of rotatable bonds is 2. The second kappa shape index (κ2) is 4.39. The van der Waals surface area contributed by atoms with Crippen LogP contribution in [0.3, 0.4) is 0 Å². The van der Waals surface area contributed by atoms with Crippen molar-refractivity contribution in [2.24, 2.45) is 0 Å². The number of fused-ring (bicyclic) bond motifs is 1. The molecule has 1 aromatic carbocycles. The summed E-state index contributed by atoms with van der Waals surface area (Å²) in [7, 11) is 0. The average molecular weight is 254 g/mol. The van der Waals surface area contributed by atoms with Gasteiger partial charge in [0.2, 0.25) is 0 Å². The normalized spacial score (nSPS) is 13.4. The van der Waals surface area contributed by atoms with Crippen molar-refractivity contribution in [1.82, 2.24) is 4.98 Å². The van der Waals surface area contributed by atoms with E-state index in [0.717, 1.165) is 18.9 Å². The molecule has 1 N–H and O–H groups in total. The molecule has 2 heterocycles. The van der Waals surface area contributed by atoms with Gasteiger partial charge in [-0.3, -0.25) is 0 Å². The molecule has 0 bridgehead atoms. The molecule has 0 spiro atoms. The molecule has 3 rings (SSSR count). The first-order valence-corrected chi connectivity index (χ1v) is 6.18. The summed E-state index contributed by atoms with van der Waals surface area (Å²) in [6.07, 6.45) is 0. The Hall–Kier alpha value is -2.36. The molecule has 4 heteroatoms. The quantitative estimate of drug-likeness (QED) is 0.895. The number of carboxylic acids is 1. The highest BCUT2D eigenvalue weighted by Crippen LogP contribution is 2.27. The highest BCUT2D eigenvalue weighted by atomic mass is 16.4. The minimum absolute atomic E-state index is 0.264. The van der Waals surface area contributed by atoms with E-state index in [0.29, 0.717) is 5.69 Å². The number of benzene rings is 1. The van der Waals surface area contributed by atoms with Gasteiger partial charge in [0.15, 0.2) is 0 Å². The molecule has 0 fully saturated rings. The monoisotopic (exact) mass is 254 g/mol. The van der Waals surface area contributed by atoms with Crippen molar-refractivity contribution < 1.29 is 9.90 Å². The Bertz CT molecular complexity index is 627. The van der Waals surface area contributed by atoms with Gasteiger partial charge in [-0.15, -0.1) is 0 Å². The lowest BCUT2D eigenvalue weighted by Crippen LogP contribution is -2.17. The van der Waals surface area contributed by atoms with E-state index in [4.69, 9.17) is 5.11 Å². The Kier molecular flexibility index (Phi) is 2.71. The molecule has 0 saturated heterocycles. The Labute approximate surface area is 111 Å². The van der Waals surface area contributed by atoms with Gasteiger partial charge in [-0.2, -0.15) is 0 Å². The fourth-order valence-electron chi connectivity index (χ4n) is 2.45. The molecule has 0 amide bonds. The van der Waals surface area contributed by atoms with E-state index in [9.17, 15) is 4.79 Å². The van der Waals surface area contributed by atoms with Gasteiger partial charge in [0.1, 0.15) is 5.82 Å². The number of anilines is 1. The van der Waals surface area contributed by atoms with E-state index < -0.39 is 5.97 Å². The molecule has 2 aromatic rings. The predicted molar refractivity (Wildman–Crippen MR) is 72.3 cm³/mol. The van der Waals surface area contributed by atoms with E-state index in [1.807, 2.05) is 12.1 Å². The zero-order chi connectivity index (χ0) is 13.4. The number of aryl methyl sites for hydroxylation is 1. The summed E-state index contributed by atoms with van der Waals surface area (Å²) in [6, 6.07) is 11.7. The van der Waals surface area contributed by atoms with Crippen LogP contribution in [0.2, 0.25) is 0 Å². The van der Waals surface area contributed by atoms with Crippen molar-refractivity contribution in [2.45, 2.75) is 20.0 Å². The summed E-state index contributed by atoms with van der Waals surface area (Å²) in [4.78, 5) is 17.5. The van der Waals surface area contributed by atoms with Crippen molar-refractivity contribution in [3.8, 4) is 0 Å². The number of hydrogen-bond acceptors (Lipinski definition) is 3. The van der Waals surface area contributed by atoms with Crippen LogP contribution in [0.1, 0.15) is 27.2 Å². The van der Waals surface area contributed by atoms with Gasteiger partial charge in [-0.25, -0.2) is 9.78 Å². The predicted octanol–water partition coefficient (Wildman–Crippen LogP) is 2.61. The minimum Gasteiger partial charge on any atom is -0.478 e. The number of carboxylic acid groups (broad SMARTS) is 1. The van der Waals surface area contributed by atoms with Gasteiger partial charge in [0.05, 0.1) is 11.3 Å². The first-order valence-electron chi connectivity index (χ1n) is 6.18. The van der Waals surface area contributed by atoms with Crippen molar-refractivity contribution in [3.05, 3.63) is 58.8 Å². The summed E-state index contributed by atoms with van der Waals surface area (Å²) in [5.74, 6) is -0.0973. The summed E-state index contributed by atoms with van der Waals surface area (Å²) in [6.45, 7) is 3.39. The van der Waals surface area contributed by atoms with Crippen LogP contribution in [0, 0.1) is 6.92 Å². The van der Waals surface area contributed by atoms with Crippen LogP contribution >= 0.6 is 0 Å². The van der Waals surface area contributed by atoms with Crippen LogP contribution in [0.5, 0.6) is 0 Å². The summed E-state index contributed by atoms with van der Waals surface area (Å²) < 4.78 is 0. The van der Waals surface area contributed by atoms with Crippen LogP contribution in [0.15, 0.2) is 36.4 Å². The van der Waals surface area contributed by atoms with Gasteiger partial charge in [-0.05, 0) is 30.2 Å². The maximum Gasteiger partial charge on any atom is 0.337 e. The first-order chi connectivity index (χ1) is 9.15. The molecular weight excluding hydrogens is 240 g/mol. The Morgan fingerprint density at radius 2 is 1.79 bits per heavy atom. The third-order valence-electron chi connectivity index (χ3n) is 3.47. The molecule has 1 aliphatic heterocycles. The largest absolute Gasteiger partial charge is 0.478 e. The molecule has 0 saturated carbocycles. The molecule has 1 aromatic heterocycles. The van der Waals surface area contributed by atoms with Gasteiger partial charge in [0.25, 0.3) is 0 Å². The molecule has 0 unspecified atom stereocenters. The lowest BCUT2D eigenvalue weighted by atomic mass is 10.1. The molecular formula is C15H14N2O2. The number of aromatic carboxylic acids is 1. The summed E-state index contributed by atoms with van der Waals surface area (Å²) in [5, 5.41) is 9.01. The number of pyridine rings is 1. The summed E-state index contributed by atoms with van der Waals surface area (Å²) >= 11 is 0. The van der Waals surface area contributed by atoms with Gasteiger partial charge in [-0.1, -0.05) is 24.3 Å². The maximum atomic E-state index is 11.0. The zero-order valence-corrected chi connectivity index (χ0v) is 10.6. The van der Waals surface area contributed by atoms with Crippen LogP contribution < -0.4 is 4.90 Å². The molecule has 0 atom stereocenters. The van der Waals surface area contributed by atoms with E-state index in [1.165, 1.54) is 11.1 Å². The Morgan fingerprint density at radius 3 is 2.32 bits per heavy atom. The molecule has 0 aliphatic carbocycles. The second-order valence-electron chi connectivity index (χ2n) is 4.73. The lowest BCUT2D eigenvalue weighted by molar-refractivity contribution is 0.0695. The van der Waals surface area contributed by atoms with E-state index in [-0.39, 0.29) is 5.56 Å². The van der Waals surface area contributed by atoms with Gasteiger partial charge in [0, 0.05) is 13.1 Å². The van der Waals surface area contributed by atoms with Crippen LogP contribution in [0.25, 0.3) is 0 Å². The summed E-state index contributed by atoms with van der Waals surface area (Å²) in [5.41, 5.74) is 3.44. The third kappa shape index (κ3) is 2.05. The number of nitrogens with zero attached hydrogens (tertiary/aromatic N) is 2. The fourth-order valence-corrected chi connectivity index (χ4v) is 2.45. The van der Waals surface area contributed by atoms with Crippen molar-refractivity contribution in [1.29, 1.82) is 0 Å². The van der Waals surface area contributed by atoms with Crippen molar-refractivity contribution in [3.63, 3.8) is 0 Å². The second-order valence-corrected chi connectivity index (χ2v) is 4.73. The van der Waals surface area contributed by atoms with E-state index in [2.05, 4.69) is 22.0 Å². The highest BCUT2D eigenvalue weighted by molar-refractivity contribution is 5.89. The molecule has 19 heavy (non-hydrogen) atoms. The highest BCUT2D eigenvalue weighted by Gasteiger charge is 2.20. The standard InChI is InChI=1S/C15H14N2O2/c1-10-13(15(18)19)6-7-14(16-10)17-8-11-4-2-3-5-12(11)9-17/h2-7H,8-9H2,1H3,(H,18,19). The van der Waals surface area contributed by atoms with Crippen molar-refractivity contribution in [2.75, 3.05) is 4.90 Å². The number of aromatic nitrogens is 1. The van der Waals surface area contributed by atoms with Crippen LogP contribution in [-0.4, -0.2) is 16.1 Å². The maximum absolute atomic E-state index is 11.0. The van der Waals surface area contributed by atoms with Crippen molar-refractivity contribution >= 4 is 11.8 Å². The first kappa shape index (κ1) is 11.7. The number of hydrogen-bond donors (Lipinski definition) is 1. The zero-order valence-electron chi connectivity index (χ0n) is 10.6. The molecule has 1 aliphatic rings. The minimum atomic E-state index is -0.929. The Morgan fingerprint density at radius 1 is 1.16 bits per heavy atom. The third-order valence-corrected chi connectivity index (χ3v) is 3.47. The van der Waals surface area contributed by atoms with E-state index in [1.54, 1.807) is 19.1 Å². The fraction of sp³-hybridized carbons (Fsp3) is 0.200. The lowest BCUT2D eigenvalue weighted by Gasteiger charge is -2.17. The molecule has 0 radical (unpaired) electrons. The molecule has 96 valence electrons. The van der Waals surface area contributed by atoms with Gasteiger partial charge >= 0.3 is 5.97 Å². The smallest absolute Gasteiger partial charge is 0.337 e. The number of carbonyl (C=O) groups is 1. The Balaban J connectivity index is 1.90. The van der Waals surface area contributed by atoms with Crippen LogP contribution in [0.4, 0.5) is 5.82 Å². The molecule has 4 nitrogen and oxygen atoms in total. The van der Waals surface area contributed by atoms with E-state index >= 15 is 0 Å². The van der Waals surface area contributed by atoms with Gasteiger partial charge < -0.3 is 10.0 Å². The topological polar surface area (TPSA) is 53.4 Å². The average Bonchev–Trinajstić information content (AvgIpc) is 2.81.